The highest BCUT2D eigenvalue weighted by molar-refractivity contribution is 5.93. The lowest BCUT2D eigenvalue weighted by Gasteiger charge is -2.22. The summed E-state index contributed by atoms with van der Waals surface area (Å²) in [6, 6.07) is 9.71. The van der Waals surface area contributed by atoms with Crippen LogP contribution in [0.1, 0.15) is 30.9 Å². The number of rotatable bonds is 4. The SMILES string of the molecule is C[C@@H](Oc1cccc2c1CCCC2)C(=O)Nc1cccnc1. The van der Waals surface area contributed by atoms with Crippen LogP contribution in [0.15, 0.2) is 42.7 Å². The van der Waals surface area contributed by atoms with E-state index in [0.29, 0.717) is 5.69 Å². The number of carbonyl (C=O) groups is 1. The average Bonchev–Trinajstić information content (AvgIpc) is 2.56. The molecule has 2 aromatic rings. The first kappa shape index (κ1) is 14.6. The van der Waals surface area contributed by atoms with Crippen molar-refractivity contribution in [2.45, 2.75) is 38.7 Å². The van der Waals surface area contributed by atoms with Crippen molar-refractivity contribution in [3.8, 4) is 5.75 Å². The van der Waals surface area contributed by atoms with Crippen molar-refractivity contribution >= 4 is 11.6 Å². The van der Waals surface area contributed by atoms with Crippen LogP contribution in [-0.4, -0.2) is 17.0 Å². The second-order valence-corrected chi connectivity index (χ2v) is 5.59. The number of anilines is 1. The van der Waals surface area contributed by atoms with E-state index in [1.54, 1.807) is 25.4 Å². The number of fused-ring (bicyclic) bond motifs is 1. The number of amides is 1. The average molecular weight is 296 g/mol. The van der Waals surface area contributed by atoms with Crippen LogP contribution in [-0.2, 0) is 17.6 Å². The Hall–Kier alpha value is -2.36. The van der Waals surface area contributed by atoms with Gasteiger partial charge in [-0.05, 0) is 61.9 Å². The lowest BCUT2D eigenvalue weighted by atomic mass is 9.91. The fourth-order valence-corrected chi connectivity index (χ4v) is 2.78. The number of aryl methyl sites for hydroxylation is 1. The molecular formula is C18H20N2O2. The number of nitrogens with zero attached hydrogens (tertiary/aromatic N) is 1. The van der Waals surface area contributed by atoms with Crippen LogP contribution >= 0.6 is 0 Å². The molecule has 0 unspecified atom stereocenters. The zero-order chi connectivity index (χ0) is 15.4. The van der Waals surface area contributed by atoms with Crippen molar-refractivity contribution < 1.29 is 9.53 Å². The van der Waals surface area contributed by atoms with E-state index in [2.05, 4.69) is 16.4 Å². The molecule has 1 amide bonds. The minimum Gasteiger partial charge on any atom is -0.481 e. The van der Waals surface area contributed by atoms with E-state index in [-0.39, 0.29) is 5.91 Å². The molecule has 1 N–H and O–H groups in total. The first-order valence-corrected chi connectivity index (χ1v) is 7.72. The Morgan fingerprint density at radius 2 is 2.09 bits per heavy atom. The largest absolute Gasteiger partial charge is 0.481 e. The molecule has 3 rings (SSSR count). The van der Waals surface area contributed by atoms with Crippen LogP contribution in [0, 0.1) is 0 Å². The molecule has 0 radical (unpaired) electrons. The Balaban J connectivity index is 1.69. The minimum atomic E-state index is -0.548. The smallest absolute Gasteiger partial charge is 0.265 e. The number of aromatic nitrogens is 1. The highest BCUT2D eigenvalue weighted by Crippen LogP contribution is 2.30. The first-order valence-electron chi connectivity index (χ1n) is 7.72. The fraction of sp³-hybridized carbons (Fsp3) is 0.333. The third kappa shape index (κ3) is 3.27. The standard InChI is InChI=1S/C18H20N2O2/c1-13(18(21)20-15-8-5-11-19-12-15)22-17-10-4-7-14-6-2-3-9-16(14)17/h4-5,7-8,10-13H,2-3,6,9H2,1H3,(H,20,21)/t13-/m1/s1. The molecule has 114 valence electrons. The van der Waals surface area contributed by atoms with Gasteiger partial charge in [0.15, 0.2) is 6.10 Å². The Labute approximate surface area is 130 Å². The molecule has 4 nitrogen and oxygen atoms in total. The summed E-state index contributed by atoms with van der Waals surface area (Å²) in [5.41, 5.74) is 3.29. The highest BCUT2D eigenvalue weighted by Gasteiger charge is 2.19. The maximum absolute atomic E-state index is 12.2. The van der Waals surface area contributed by atoms with Gasteiger partial charge in [0.2, 0.25) is 0 Å². The molecule has 4 heteroatoms. The van der Waals surface area contributed by atoms with Gasteiger partial charge in [0, 0.05) is 6.20 Å². The van der Waals surface area contributed by atoms with Crippen LogP contribution in [0.2, 0.25) is 0 Å². The normalized spacial score (nSPS) is 14.8. The number of carbonyl (C=O) groups excluding carboxylic acids is 1. The monoisotopic (exact) mass is 296 g/mol. The molecular weight excluding hydrogens is 276 g/mol. The third-order valence-electron chi connectivity index (χ3n) is 3.95. The zero-order valence-corrected chi connectivity index (χ0v) is 12.7. The molecule has 1 atom stereocenters. The van der Waals surface area contributed by atoms with Crippen molar-refractivity contribution in [1.82, 2.24) is 4.98 Å². The second-order valence-electron chi connectivity index (χ2n) is 5.59. The molecule has 1 aromatic carbocycles. The predicted octanol–water partition coefficient (Wildman–Crippen LogP) is 3.37. The Kier molecular flexibility index (Phi) is 4.37. The topological polar surface area (TPSA) is 51.2 Å². The van der Waals surface area contributed by atoms with Crippen LogP contribution in [0.4, 0.5) is 5.69 Å². The summed E-state index contributed by atoms with van der Waals surface area (Å²) < 4.78 is 5.91. The van der Waals surface area contributed by atoms with Crippen molar-refractivity contribution in [3.05, 3.63) is 53.9 Å². The van der Waals surface area contributed by atoms with E-state index in [0.717, 1.165) is 18.6 Å². The predicted molar refractivity (Wildman–Crippen MR) is 86.0 cm³/mol. The van der Waals surface area contributed by atoms with Gasteiger partial charge in [0.05, 0.1) is 11.9 Å². The van der Waals surface area contributed by atoms with E-state index >= 15 is 0 Å². The molecule has 0 saturated carbocycles. The third-order valence-corrected chi connectivity index (χ3v) is 3.95. The highest BCUT2D eigenvalue weighted by atomic mass is 16.5. The van der Waals surface area contributed by atoms with Crippen molar-refractivity contribution in [3.63, 3.8) is 0 Å². The summed E-state index contributed by atoms with van der Waals surface area (Å²) in [6.07, 6.45) is 7.29. The Bertz CT molecular complexity index is 655. The quantitative estimate of drug-likeness (QED) is 0.941. The molecule has 22 heavy (non-hydrogen) atoms. The van der Waals surface area contributed by atoms with E-state index in [4.69, 9.17) is 4.74 Å². The van der Waals surface area contributed by atoms with Gasteiger partial charge < -0.3 is 10.1 Å². The van der Waals surface area contributed by atoms with Gasteiger partial charge in [-0.1, -0.05) is 12.1 Å². The lowest BCUT2D eigenvalue weighted by Crippen LogP contribution is -2.30. The fourth-order valence-electron chi connectivity index (χ4n) is 2.78. The summed E-state index contributed by atoms with van der Waals surface area (Å²) in [6.45, 7) is 1.77. The number of ether oxygens (including phenoxy) is 1. The van der Waals surface area contributed by atoms with Crippen molar-refractivity contribution in [1.29, 1.82) is 0 Å². The zero-order valence-electron chi connectivity index (χ0n) is 12.7. The van der Waals surface area contributed by atoms with Gasteiger partial charge >= 0.3 is 0 Å². The first-order chi connectivity index (χ1) is 10.7. The van der Waals surface area contributed by atoms with E-state index in [9.17, 15) is 4.79 Å². The summed E-state index contributed by atoms with van der Waals surface area (Å²) in [7, 11) is 0. The van der Waals surface area contributed by atoms with Crippen LogP contribution in [0.5, 0.6) is 5.75 Å². The maximum Gasteiger partial charge on any atom is 0.265 e. The number of hydrogen-bond donors (Lipinski definition) is 1. The molecule has 0 bridgehead atoms. The molecule has 0 fully saturated rings. The van der Waals surface area contributed by atoms with E-state index in [1.165, 1.54) is 24.0 Å². The summed E-state index contributed by atoms with van der Waals surface area (Å²) in [5.74, 6) is 0.674. The van der Waals surface area contributed by atoms with Gasteiger partial charge in [-0.25, -0.2) is 0 Å². The Morgan fingerprint density at radius 1 is 1.23 bits per heavy atom. The molecule has 0 spiro atoms. The molecule has 1 heterocycles. The maximum atomic E-state index is 12.2. The molecule has 0 aliphatic heterocycles. The summed E-state index contributed by atoms with van der Waals surface area (Å²) in [5, 5.41) is 2.82. The molecule has 1 aromatic heterocycles. The van der Waals surface area contributed by atoms with Crippen molar-refractivity contribution in [2.24, 2.45) is 0 Å². The molecule has 1 aliphatic carbocycles. The molecule has 0 saturated heterocycles. The van der Waals surface area contributed by atoms with Crippen molar-refractivity contribution in [2.75, 3.05) is 5.32 Å². The van der Waals surface area contributed by atoms with Crippen LogP contribution in [0.3, 0.4) is 0 Å². The number of nitrogens with one attached hydrogen (secondary N) is 1. The number of benzene rings is 1. The lowest BCUT2D eigenvalue weighted by molar-refractivity contribution is -0.122. The molecule has 1 aliphatic rings. The van der Waals surface area contributed by atoms with Crippen LogP contribution < -0.4 is 10.1 Å². The van der Waals surface area contributed by atoms with E-state index in [1.807, 2.05) is 18.2 Å². The van der Waals surface area contributed by atoms with Gasteiger partial charge in [-0.15, -0.1) is 0 Å². The van der Waals surface area contributed by atoms with E-state index < -0.39 is 6.10 Å². The van der Waals surface area contributed by atoms with Gasteiger partial charge in [-0.3, -0.25) is 9.78 Å². The number of hydrogen-bond acceptors (Lipinski definition) is 3. The minimum absolute atomic E-state index is 0.165. The van der Waals surface area contributed by atoms with Gasteiger partial charge in [-0.2, -0.15) is 0 Å². The number of pyridine rings is 1. The van der Waals surface area contributed by atoms with Crippen LogP contribution in [0.25, 0.3) is 0 Å². The summed E-state index contributed by atoms with van der Waals surface area (Å²) in [4.78, 5) is 16.2. The Morgan fingerprint density at radius 3 is 2.91 bits per heavy atom. The van der Waals surface area contributed by atoms with Gasteiger partial charge in [0.25, 0.3) is 5.91 Å². The summed E-state index contributed by atoms with van der Waals surface area (Å²) >= 11 is 0. The van der Waals surface area contributed by atoms with Gasteiger partial charge in [0.1, 0.15) is 5.75 Å². The second kappa shape index (κ2) is 6.60.